The van der Waals surface area contributed by atoms with E-state index in [2.05, 4.69) is 46.7 Å². The lowest BCUT2D eigenvalue weighted by molar-refractivity contribution is -0.119. The number of carbonyl (C=O) groups excluding carboxylic acids is 1. The number of thioether (sulfide) groups is 1. The van der Waals surface area contributed by atoms with Gasteiger partial charge in [-0.05, 0) is 41.8 Å². The number of aromatic nitrogens is 2. The van der Waals surface area contributed by atoms with E-state index in [0.717, 1.165) is 28.0 Å². The Bertz CT molecular complexity index is 1230. The molecule has 0 spiro atoms. The molecule has 3 aromatic carbocycles. The zero-order valence-electron chi connectivity index (χ0n) is 18.4. The smallest absolute Gasteiger partial charge is 0.230 e. The fraction of sp³-hybridized carbons (Fsp3) is 0.231. The number of hydrogen-bond donors (Lipinski definition) is 2. The number of hydrogen-bond acceptors (Lipinski definition) is 4. The molecule has 2 N–H and O–H groups in total. The fourth-order valence-electron chi connectivity index (χ4n) is 3.80. The zero-order chi connectivity index (χ0) is 23.2. The molecule has 1 amide bonds. The van der Waals surface area contributed by atoms with E-state index >= 15 is 0 Å². The average molecular weight is 480 g/mol. The Morgan fingerprint density at radius 2 is 1.82 bits per heavy atom. The summed E-state index contributed by atoms with van der Waals surface area (Å²) in [7, 11) is 0. The van der Waals surface area contributed by atoms with Crippen LogP contribution in [0.5, 0.6) is 0 Å². The van der Waals surface area contributed by atoms with E-state index in [9.17, 15) is 9.90 Å². The molecule has 170 valence electrons. The summed E-state index contributed by atoms with van der Waals surface area (Å²) >= 11 is 7.62. The van der Waals surface area contributed by atoms with Gasteiger partial charge in [-0.3, -0.25) is 4.79 Å². The lowest BCUT2D eigenvalue weighted by Gasteiger charge is -2.15. The number of carbonyl (C=O) groups is 1. The van der Waals surface area contributed by atoms with E-state index in [1.807, 2.05) is 41.8 Å². The third kappa shape index (κ3) is 5.77. The Labute approximate surface area is 202 Å². The minimum atomic E-state index is -0.0796. The van der Waals surface area contributed by atoms with Gasteiger partial charge in [0, 0.05) is 11.6 Å². The van der Waals surface area contributed by atoms with Crippen molar-refractivity contribution in [3.8, 4) is 11.1 Å². The van der Waals surface area contributed by atoms with Gasteiger partial charge in [0.2, 0.25) is 5.91 Å². The Balaban J connectivity index is 1.33. The van der Waals surface area contributed by atoms with Crippen LogP contribution in [0.1, 0.15) is 24.4 Å². The van der Waals surface area contributed by atoms with Crippen molar-refractivity contribution >= 4 is 40.3 Å². The molecule has 33 heavy (non-hydrogen) atoms. The minimum Gasteiger partial charge on any atom is -0.395 e. The molecule has 4 aromatic rings. The molecular formula is C26H26ClN3O2S. The van der Waals surface area contributed by atoms with E-state index in [1.54, 1.807) is 6.07 Å². The van der Waals surface area contributed by atoms with Crippen LogP contribution >= 0.6 is 23.4 Å². The number of nitrogens with zero attached hydrogens (tertiary/aromatic N) is 2. The zero-order valence-corrected chi connectivity index (χ0v) is 19.9. The van der Waals surface area contributed by atoms with E-state index in [1.165, 1.54) is 17.3 Å². The van der Waals surface area contributed by atoms with Gasteiger partial charge in [-0.15, -0.1) is 11.8 Å². The topological polar surface area (TPSA) is 67.2 Å². The largest absolute Gasteiger partial charge is 0.395 e. The molecule has 1 heterocycles. The quantitative estimate of drug-likeness (QED) is 0.334. The third-order valence-corrected chi connectivity index (χ3v) is 6.64. The highest BCUT2D eigenvalue weighted by atomic mass is 35.5. The second kappa shape index (κ2) is 10.9. The van der Waals surface area contributed by atoms with Crippen LogP contribution in [0.2, 0.25) is 5.02 Å². The monoisotopic (exact) mass is 479 g/mol. The van der Waals surface area contributed by atoms with Gasteiger partial charge in [-0.1, -0.05) is 66.2 Å². The van der Waals surface area contributed by atoms with Gasteiger partial charge >= 0.3 is 0 Å². The van der Waals surface area contributed by atoms with Gasteiger partial charge in [-0.2, -0.15) is 0 Å². The van der Waals surface area contributed by atoms with Crippen molar-refractivity contribution in [2.45, 2.75) is 25.3 Å². The molecule has 5 nitrogen and oxygen atoms in total. The summed E-state index contributed by atoms with van der Waals surface area (Å²) in [5, 5.41) is 13.1. The highest BCUT2D eigenvalue weighted by Crippen LogP contribution is 2.24. The van der Waals surface area contributed by atoms with Crippen molar-refractivity contribution in [3.63, 3.8) is 0 Å². The lowest BCUT2D eigenvalue weighted by Crippen LogP contribution is -2.28. The van der Waals surface area contributed by atoms with Crippen LogP contribution in [0.25, 0.3) is 22.2 Å². The highest BCUT2D eigenvalue weighted by molar-refractivity contribution is 7.99. The molecular weight excluding hydrogens is 454 g/mol. The molecule has 0 aliphatic carbocycles. The van der Waals surface area contributed by atoms with Gasteiger partial charge in [0.1, 0.15) is 5.82 Å². The molecule has 0 aliphatic heterocycles. The Kier molecular flexibility index (Phi) is 7.70. The van der Waals surface area contributed by atoms with Crippen LogP contribution in [0, 0.1) is 0 Å². The SMILES string of the molecule is CC(NC(=O)CSCc1nc2ccc(Cl)cc2n1CCO)c1ccc(-c2ccccc2)cc1. The fourth-order valence-corrected chi connectivity index (χ4v) is 4.74. The van der Waals surface area contributed by atoms with E-state index in [-0.39, 0.29) is 18.6 Å². The number of benzene rings is 3. The van der Waals surface area contributed by atoms with Crippen LogP contribution in [-0.2, 0) is 17.1 Å². The van der Waals surface area contributed by atoms with Crippen LogP contribution in [0.15, 0.2) is 72.8 Å². The maximum Gasteiger partial charge on any atom is 0.230 e. The maximum absolute atomic E-state index is 12.5. The summed E-state index contributed by atoms with van der Waals surface area (Å²) in [6.45, 7) is 2.44. The maximum atomic E-state index is 12.5. The van der Waals surface area contributed by atoms with Crippen LogP contribution in [0.4, 0.5) is 0 Å². The summed E-state index contributed by atoms with van der Waals surface area (Å²) in [6.07, 6.45) is 0. The normalized spacial score (nSPS) is 12.1. The summed E-state index contributed by atoms with van der Waals surface area (Å²) < 4.78 is 1.96. The number of imidazole rings is 1. The van der Waals surface area contributed by atoms with Crippen LogP contribution in [0.3, 0.4) is 0 Å². The first-order valence-corrected chi connectivity index (χ1v) is 12.4. The minimum absolute atomic E-state index is 0.0106. The van der Waals surface area contributed by atoms with Crippen molar-refractivity contribution in [2.75, 3.05) is 12.4 Å². The number of rotatable bonds is 9. The van der Waals surface area contributed by atoms with E-state index in [0.29, 0.717) is 23.1 Å². The predicted octanol–water partition coefficient (Wildman–Crippen LogP) is 5.46. The molecule has 0 fully saturated rings. The summed E-state index contributed by atoms with van der Waals surface area (Å²) in [4.78, 5) is 17.2. The van der Waals surface area contributed by atoms with Crippen LogP contribution in [-0.4, -0.2) is 32.9 Å². The molecule has 0 saturated carbocycles. The van der Waals surface area contributed by atoms with Gasteiger partial charge < -0.3 is 15.0 Å². The number of aliphatic hydroxyl groups is 1. The molecule has 7 heteroatoms. The third-order valence-electron chi connectivity index (χ3n) is 5.47. The van der Waals surface area contributed by atoms with Crippen molar-refractivity contribution < 1.29 is 9.90 Å². The van der Waals surface area contributed by atoms with Crippen molar-refractivity contribution in [1.82, 2.24) is 14.9 Å². The molecule has 0 bridgehead atoms. The first-order valence-electron chi connectivity index (χ1n) is 10.8. The average Bonchev–Trinajstić information content (AvgIpc) is 3.16. The molecule has 4 rings (SSSR count). The second-order valence-corrected chi connectivity index (χ2v) is 9.23. The Morgan fingerprint density at radius 1 is 1.09 bits per heavy atom. The summed E-state index contributed by atoms with van der Waals surface area (Å²) in [6, 6.07) is 24.0. The van der Waals surface area contributed by atoms with Crippen LogP contribution < -0.4 is 5.32 Å². The number of aliphatic hydroxyl groups excluding tert-OH is 1. The van der Waals surface area contributed by atoms with Crippen molar-refractivity contribution in [3.05, 3.63) is 89.2 Å². The second-order valence-electron chi connectivity index (χ2n) is 7.81. The Hall–Kier alpha value is -2.80. The van der Waals surface area contributed by atoms with E-state index in [4.69, 9.17) is 11.6 Å². The summed E-state index contributed by atoms with van der Waals surface area (Å²) in [5.41, 5.74) is 5.12. The summed E-state index contributed by atoms with van der Waals surface area (Å²) in [5.74, 6) is 1.70. The van der Waals surface area contributed by atoms with Crippen molar-refractivity contribution in [1.29, 1.82) is 0 Å². The number of fused-ring (bicyclic) bond motifs is 1. The highest BCUT2D eigenvalue weighted by Gasteiger charge is 2.14. The molecule has 0 saturated heterocycles. The first kappa shape index (κ1) is 23.4. The molecule has 1 unspecified atom stereocenters. The molecule has 1 aromatic heterocycles. The number of amides is 1. The van der Waals surface area contributed by atoms with E-state index < -0.39 is 0 Å². The van der Waals surface area contributed by atoms with Gasteiger partial charge in [0.15, 0.2) is 0 Å². The van der Waals surface area contributed by atoms with Gasteiger partial charge in [0.25, 0.3) is 0 Å². The molecule has 0 aliphatic rings. The number of nitrogens with one attached hydrogen (secondary N) is 1. The van der Waals surface area contributed by atoms with Gasteiger partial charge in [0.05, 0.1) is 35.2 Å². The lowest BCUT2D eigenvalue weighted by atomic mass is 10.0. The van der Waals surface area contributed by atoms with Crippen molar-refractivity contribution in [2.24, 2.45) is 0 Å². The Morgan fingerprint density at radius 3 is 2.55 bits per heavy atom. The molecule has 1 atom stereocenters. The number of halogens is 1. The van der Waals surface area contributed by atoms with Gasteiger partial charge in [-0.25, -0.2) is 4.98 Å². The predicted molar refractivity (Wildman–Crippen MR) is 136 cm³/mol. The first-order chi connectivity index (χ1) is 16.0. The molecule has 0 radical (unpaired) electrons. The standard InChI is InChI=1S/C26H26ClN3O2S/c1-18(19-7-9-21(10-8-19)20-5-3-2-4-6-20)28-26(32)17-33-16-25-29-23-12-11-22(27)15-24(23)30(25)13-14-31/h2-12,15,18,31H,13-14,16-17H2,1H3,(H,28,32).